The van der Waals surface area contributed by atoms with Gasteiger partial charge in [-0.2, -0.15) is 4.37 Å². The summed E-state index contributed by atoms with van der Waals surface area (Å²) in [6.45, 7) is 1.07. The SMILES string of the molecule is CSc1nsc(SC)c1NC(=O)OC[C@H]1CCCO1. The second-order valence-electron chi connectivity index (χ2n) is 3.92. The minimum Gasteiger partial charge on any atom is -0.447 e. The molecule has 0 spiro atoms. The maximum atomic E-state index is 11.8. The lowest BCUT2D eigenvalue weighted by atomic mass is 10.2. The first-order valence-corrected chi connectivity index (χ1v) is 9.10. The van der Waals surface area contributed by atoms with E-state index in [0.717, 1.165) is 34.4 Å². The number of amides is 1. The van der Waals surface area contributed by atoms with Crippen molar-refractivity contribution < 1.29 is 14.3 Å². The van der Waals surface area contributed by atoms with Crippen LogP contribution >= 0.6 is 35.1 Å². The lowest BCUT2D eigenvalue weighted by Gasteiger charge is -2.11. The van der Waals surface area contributed by atoms with Gasteiger partial charge in [0.2, 0.25) is 0 Å². The van der Waals surface area contributed by atoms with Gasteiger partial charge in [-0.25, -0.2) is 4.79 Å². The molecule has 0 radical (unpaired) electrons. The number of ether oxygens (including phenoxy) is 2. The summed E-state index contributed by atoms with van der Waals surface area (Å²) >= 11 is 4.46. The summed E-state index contributed by atoms with van der Waals surface area (Å²) in [5, 5.41) is 3.60. The van der Waals surface area contributed by atoms with Gasteiger partial charge in [0, 0.05) is 6.61 Å². The molecule has 1 N–H and O–H groups in total. The second-order valence-corrected chi connectivity index (χ2v) is 6.56. The van der Waals surface area contributed by atoms with Gasteiger partial charge < -0.3 is 9.47 Å². The van der Waals surface area contributed by atoms with Gasteiger partial charge in [-0.3, -0.25) is 5.32 Å². The van der Waals surface area contributed by atoms with Crippen molar-refractivity contribution in [3.63, 3.8) is 0 Å². The van der Waals surface area contributed by atoms with Gasteiger partial charge in [-0.1, -0.05) is 0 Å². The Bertz CT molecular complexity index is 411. The number of carbonyl (C=O) groups is 1. The van der Waals surface area contributed by atoms with E-state index in [1.54, 1.807) is 11.8 Å². The highest BCUT2D eigenvalue weighted by Gasteiger charge is 2.19. The fourth-order valence-corrected chi connectivity index (χ4v) is 3.88. The highest BCUT2D eigenvalue weighted by atomic mass is 32.2. The fraction of sp³-hybridized carbons (Fsp3) is 0.636. The summed E-state index contributed by atoms with van der Waals surface area (Å²) in [4.78, 5) is 11.8. The number of carbonyl (C=O) groups excluding carboxylic acids is 1. The molecule has 0 saturated carbocycles. The number of hydrogen-bond acceptors (Lipinski definition) is 7. The molecule has 0 aromatic carbocycles. The zero-order valence-electron chi connectivity index (χ0n) is 10.8. The van der Waals surface area contributed by atoms with Crippen molar-refractivity contribution >= 4 is 46.8 Å². The van der Waals surface area contributed by atoms with Gasteiger partial charge in [-0.05, 0) is 36.9 Å². The number of aromatic nitrogens is 1. The minimum atomic E-state index is -0.443. The largest absolute Gasteiger partial charge is 0.447 e. The molecule has 1 aliphatic heterocycles. The van der Waals surface area contributed by atoms with Crippen LogP contribution in [0.15, 0.2) is 9.24 Å². The topological polar surface area (TPSA) is 60.5 Å². The third-order valence-corrected chi connectivity index (χ3v) is 5.40. The Hall–Kier alpha value is -0.440. The first kappa shape index (κ1) is 15.0. The lowest BCUT2D eigenvalue weighted by molar-refractivity contribution is 0.0484. The van der Waals surface area contributed by atoms with Gasteiger partial charge in [-0.15, -0.1) is 23.5 Å². The van der Waals surface area contributed by atoms with Crippen LogP contribution in [0.3, 0.4) is 0 Å². The summed E-state index contributed by atoms with van der Waals surface area (Å²) in [5.41, 5.74) is 0.752. The smallest absolute Gasteiger partial charge is 0.411 e. The number of thioether (sulfide) groups is 2. The monoisotopic (exact) mass is 320 g/mol. The van der Waals surface area contributed by atoms with Gasteiger partial charge >= 0.3 is 6.09 Å². The fourth-order valence-electron chi connectivity index (χ4n) is 1.73. The first-order valence-electron chi connectivity index (χ1n) is 5.87. The van der Waals surface area contributed by atoms with Crippen LogP contribution in [0.2, 0.25) is 0 Å². The van der Waals surface area contributed by atoms with E-state index >= 15 is 0 Å². The summed E-state index contributed by atoms with van der Waals surface area (Å²) in [6.07, 6.45) is 5.49. The average molecular weight is 320 g/mol. The minimum absolute atomic E-state index is 0.0476. The number of nitrogens with zero attached hydrogens (tertiary/aromatic N) is 1. The van der Waals surface area contributed by atoms with Gasteiger partial charge in [0.25, 0.3) is 0 Å². The van der Waals surface area contributed by atoms with E-state index in [1.807, 2.05) is 12.5 Å². The Morgan fingerprint density at radius 1 is 1.58 bits per heavy atom. The van der Waals surface area contributed by atoms with E-state index in [0.29, 0.717) is 6.61 Å². The molecular weight excluding hydrogens is 304 g/mol. The lowest BCUT2D eigenvalue weighted by Crippen LogP contribution is -2.21. The van der Waals surface area contributed by atoms with E-state index in [-0.39, 0.29) is 6.10 Å². The maximum absolute atomic E-state index is 11.8. The van der Waals surface area contributed by atoms with Crippen LogP contribution in [0.25, 0.3) is 0 Å². The number of nitrogens with one attached hydrogen (secondary N) is 1. The molecule has 1 aromatic rings. The third kappa shape index (κ3) is 4.01. The van der Waals surface area contributed by atoms with Crippen molar-refractivity contribution in [3.8, 4) is 0 Å². The number of rotatable bonds is 5. The molecular formula is C11H16N2O3S3. The molecule has 0 aliphatic carbocycles. The Morgan fingerprint density at radius 2 is 2.42 bits per heavy atom. The molecule has 0 unspecified atom stereocenters. The van der Waals surface area contributed by atoms with Crippen LogP contribution in [0.1, 0.15) is 12.8 Å². The molecule has 1 saturated heterocycles. The molecule has 2 rings (SSSR count). The molecule has 1 atom stereocenters. The predicted molar refractivity (Wildman–Crippen MR) is 79.6 cm³/mol. The molecule has 106 valence electrons. The molecule has 1 fully saturated rings. The zero-order chi connectivity index (χ0) is 13.7. The number of hydrogen-bond donors (Lipinski definition) is 1. The van der Waals surface area contributed by atoms with Crippen LogP contribution in [0, 0.1) is 0 Å². The molecule has 8 heteroatoms. The van der Waals surface area contributed by atoms with Crippen LogP contribution in [0.4, 0.5) is 10.5 Å². The maximum Gasteiger partial charge on any atom is 0.411 e. The Kier molecular flexibility index (Phi) is 5.80. The van der Waals surface area contributed by atoms with Crippen LogP contribution < -0.4 is 5.32 Å². The highest BCUT2D eigenvalue weighted by Crippen LogP contribution is 2.37. The van der Waals surface area contributed by atoms with Crippen LogP contribution in [-0.2, 0) is 9.47 Å². The van der Waals surface area contributed by atoms with Crippen molar-refractivity contribution in [2.45, 2.75) is 28.2 Å². The van der Waals surface area contributed by atoms with Gasteiger partial charge in [0.05, 0.1) is 6.10 Å². The molecule has 5 nitrogen and oxygen atoms in total. The van der Waals surface area contributed by atoms with Crippen molar-refractivity contribution in [2.24, 2.45) is 0 Å². The van der Waals surface area contributed by atoms with Crippen molar-refractivity contribution in [1.29, 1.82) is 0 Å². The second kappa shape index (κ2) is 7.37. The van der Waals surface area contributed by atoms with E-state index in [1.165, 1.54) is 23.3 Å². The van der Waals surface area contributed by atoms with Gasteiger partial charge in [0.15, 0.2) is 0 Å². The Labute approximate surface area is 125 Å². The summed E-state index contributed by atoms with van der Waals surface area (Å²) in [7, 11) is 0. The highest BCUT2D eigenvalue weighted by molar-refractivity contribution is 8.01. The quantitative estimate of drug-likeness (QED) is 0.840. The van der Waals surface area contributed by atoms with Crippen LogP contribution in [-0.4, -0.2) is 42.3 Å². The predicted octanol–water partition coefficient (Wildman–Crippen LogP) is 3.31. The molecule has 1 amide bonds. The van der Waals surface area contributed by atoms with E-state index in [4.69, 9.17) is 9.47 Å². The standard InChI is InChI=1S/C11H16N2O3S3/c1-17-9-8(10(18-2)19-13-9)12-11(14)16-6-7-4-3-5-15-7/h7H,3-6H2,1-2H3,(H,12,14)/t7-/m1/s1. The third-order valence-electron chi connectivity index (χ3n) is 2.66. The molecule has 1 aliphatic rings. The summed E-state index contributed by atoms with van der Waals surface area (Å²) in [6, 6.07) is 0. The molecule has 1 aromatic heterocycles. The van der Waals surface area contributed by atoms with E-state index in [9.17, 15) is 4.79 Å². The van der Waals surface area contributed by atoms with Crippen LogP contribution in [0.5, 0.6) is 0 Å². The summed E-state index contributed by atoms with van der Waals surface area (Å²) < 4.78 is 15.9. The molecule has 0 bridgehead atoms. The van der Waals surface area contributed by atoms with Crippen molar-refractivity contribution in [3.05, 3.63) is 0 Å². The van der Waals surface area contributed by atoms with E-state index < -0.39 is 6.09 Å². The zero-order valence-corrected chi connectivity index (χ0v) is 13.3. The molecule has 2 heterocycles. The average Bonchev–Trinajstić information content (AvgIpc) is 3.05. The van der Waals surface area contributed by atoms with Crippen molar-refractivity contribution in [2.75, 3.05) is 31.0 Å². The van der Waals surface area contributed by atoms with Crippen molar-refractivity contribution in [1.82, 2.24) is 4.37 Å². The first-order chi connectivity index (χ1) is 9.24. The Balaban J connectivity index is 1.88. The normalized spacial score (nSPS) is 18.5. The molecule has 19 heavy (non-hydrogen) atoms. The summed E-state index contributed by atoms with van der Waals surface area (Å²) in [5.74, 6) is 0. The van der Waals surface area contributed by atoms with E-state index in [2.05, 4.69) is 9.69 Å². The number of anilines is 1. The Morgan fingerprint density at radius 3 is 3.05 bits per heavy atom. The van der Waals surface area contributed by atoms with Gasteiger partial charge in [0.1, 0.15) is 21.5 Å².